The van der Waals surface area contributed by atoms with Crippen molar-refractivity contribution >= 4 is 81.9 Å². The summed E-state index contributed by atoms with van der Waals surface area (Å²) in [6.45, 7) is 18.4. The minimum absolute atomic E-state index is 0.0205. The topological polar surface area (TPSA) is 536 Å². The van der Waals surface area contributed by atoms with Crippen LogP contribution in [0.3, 0.4) is 0 Å². The van der Waals surface area contributed by atoms with Gasteiger partial charge in [-0.15, -0.1) is 0 Å². The maximum Gasteiger partial charge on any atom is 0.328 e. The Morgan fingerprint density at radius 1 is 0.466 bits per heavy atom. The Morgan fingerprint density at radius 3 is 1.57 bits per heavy atom. The summed E-state index contributed by atoms with van der Waals surface area (Å²) in [5.41, 5.74) is 19.3. The van der Waals surface area contributed by atoms with Gasteiger partial charge in [-0.2, -0.15) is 0 Å². The number of carboxylic acid groups (broad SMARTS) is 2. The number of nitrogens with two attached hydrogens (primary N) is 3. The van der Waals surface area contributed by atoms with Crippen LogP contribution in [0.25, 0.3) is 10.9 Å². The van der Waals surface area contributed by atoms with Crippen LogP contribution in [0.1, 0.15) is 158 Å². The fraction of sp³-hybridized carbons (Fsp3) is 0.686. The average molecular weight is 1460 g/mol. The lowest BCUT2D eigenvalue weighted by molar-refractivity contribution is -0.140. The van der Waals surface area contributed by atoms with E-state index in [1.165, 1.54) is 0 Å². The van der Waals surface area contributed by atoms with Crippen molar-refractivity contribution in [2.24, 2.45) is 40.9 Å². The summed E-state index contributed by atoms with van der Waals surface area (Å²) >= 11 is 0. The first-order valence-corrected chi connectivity index (χ1v) is 36.2. The Kier molecular flexibility index (Phi) is 43.5. The number of hydrogen-bond acceptors (Lipinski definition) is 20. The zero-order valence-electron chi connectivity index (χ0n) is 61.6. The van der Waals surface area contributed by atoms with E-state index in [1.54, 1.807) is 52.1 Å². The van der Waals surface area contributed by atoms with Gasteiger partial charge in [0.15, 0.2) is 0 Å². The summed E-state index contributed by atoms with van der Waals surface area (Å²) in [6, 6.07) is -5.11. The lowest BCUT2D eigenvalue weighted by Crippen LogP contribution is -2.60. The smallest absolute Gasteiger partial charge is 0.328 e. The third-order valence-corrected chi connectivity index (χ3v) is 18.5. The first-order chi connectivity index (χ1) is 49.0. The molecule has 0 aliphatic rings. The minimum Gasteiger partial charge on any atom is -0.481 e. The second-order valence-electron chi connectivity index (χ2n) is 26.6. The van der Waals surface area contributed by atoms with E-state index >= 15 is 0 Å². The van der Waals surface area contributed by atoms with Crippen LogP contribution in [0, 0.1) is 23.7 Å². The number of aliphatic carboxylic acids is 2. The van der Waals surface area contributed by atoms with E-state index in [1.807, 2.05) is 26.8 Å². The molecule has 1 aromatic carbocycles. The van der Waals surface area contributed by atoms with Crippen LogP contribution in [0.2, 0.25) is 0 Å². The van der Waals surface area contributed by atoms with Crippen LogP contribution in [0.4, 0.5) is 0 Å². The van der Waals surface area contributed by atoms with E-state index in [2.05, 4.69) is 94.5 Å². The SMILES string of the molecule is C=C(N[C@@H](CO)C(=O)O)[C@H](NC(=O)[C@@H](NC(=O)[C@H](CCC(=O)O)NC(=O)[C@@H](NC[C@@H](CCN)NC[C@H](CCN)NC(=O)[C@H](CC)NC(=O)[C@@H](Cc1c[nH]c2ccccc12)NC(=O)[C@@H](CO)NC(=O)CNC(=O)[C@@H](CCN)NC(=O)CNC(=O)CCCC[C@@H](C)CC)[C@@H](C)CC)[C@@H](C)CC)[C@@H](C)CC. The lowest BCUT2D eigenvalue weighted by Gasteiger charge is -2.33. The van der Waals surface area contributed by atoms with Crippen molar-refractivity contribution in [1.29, 1.82) is 0 Å². The van der Waals surface area contributed by atoms with Gasteiger partial charge < -0.3 is 112 Å². The molecule has 0 aliphatic heterocycles. The summed E-state index contributed by atoms with van der Waals surface area (Å²) in [6.07, 6.45) is 6.54. The van der Waals surface area contributed by atoms with E-state index in [0.717, 1.165) is 30.2 Å². The van der Waals surface area contributed by atoms with Crippen LogP contribution < -0.4 is 86.3 Å². The van der Waals surface area contributed by atoms with Gasteiger partial charge in [-0.3, -0.25) is 52.7 Å². The molecule has 24 N–H and O–H groups in total. The zero-order valence-corrected chi connectivity index (χ0v) is 61.6. The maximum atomic E-state index is 14.5. The summed E-state index contributed by atoms with van der Waals surface area (Å²) < 4.78 is 0. The van der Waals surface area contributed by atoms with Crippen molar-refractivity contribution < 1.29 is 78.0 Å². The van der Waals surface area contributed by atoms with Gasteiger partial charge in [-0.05, 0) is 93.5 Å². The highest BCUT2D eigenvalue weighted by molar-refractivity contribution is 5.97. The number of aromatic nitrogens is 1. The number of nitrogens with one attached hydrogen (secondary N) is 14. The molecule has 33 nitrogen and oxygen atoms in total. The number of aromatic amines is 1. The van der Waals surface area contributed by atoms with Crippen molar-refractivity contribution in [2.75, 3.05) is 59.0 Å². The summed E-state index contributed by atoms with van der Waals surface area (Å²) in [4.78, 5) is 164. The highest BCUT2D eigenvalue weighted by atomic mass is 16.4. The fourth-order valence-electron chi connectivity index (χ4n) is 11.2. The third kappa shape index (κ3) is 32.9. The number of hydrogen-bond donors (Lipinski definition) is 21. The molecular weight excluding hydrogens is 1330 g/mol. The molecule has 0 fully saturated rings. The first-order valence-electron chi connectivity index (χ1n) is 36.2. The molecule has 15 atom stereocenters. The standard InChI is InChI=1S/C70H121N17O16/c1-11-40(6)20-16-19-23-56(90)76-36-57(91)81-52(28-31-73)63(95)78-37-58(92)82-54(38-88)67(99)85-53(32-45-33-75-50-22-18-17-21-48(45)50)66(98)83-49(15-5)64(96)80-47(27-30-72)35-74-46(26-29-71)34-77-61(42(8)13-3)68(100)84-51(24-25-59(93)94)65(97)87-62(43(9)14-4)69(101)86-60(41(7)12-2)44(10)79-55(39-89)70(102)103/h17-18,21-22,33,40-43,46-47,49,51-55,60-62,74-75,77,79,88-89H,10-16,19-20,23-32,34-39,71-73H2,1-9H3,(H,76,90)(H,78,95)(H,80,96)(H,81,91)(H,82,92)(H,83,98)(H,84,100)(H,85,99)(H,86,101)(H,87,97)(H,93,94)(H,102,103)/t40-,41-,42-,43-,46+,47-,49-,51-,52+,53+,54+,55-,60+,61-,62-/m0/s1. The average Bonchev–Trinajstić information content (AvgIpc) is 1.76. The van der Waals surface area contributed by atoms with Gasteiger partial charge in [0.05, 0.1) is 38.4 Å². The van der Waals surface area contributed by atoms with Crippen LogP contribution in [0.15, 0.2) is 42.7 Å². The van der Waals surface area contributed by atoms with Crippen LogP contribution >= 0.6 is 0 Å². The molecule has 1 heterocycles. The molecule has 2 aromatic rings. The number of unbranched alkanes of at least 4 members (excludes halogenated alkanes) is 1. The van der Waals surface area contributed by atoms with Crippen molar-refractivity contribution in [3.8, 4) is 0 Å². The molecule has 582 valence electrons. The molecule has 0 aliphatic carbocycles. The fourth-order valence-corrected chi connectivity index (χ4v) is 11.2. The number of carbonyl (C=O) groups excluding carboxylic acids is 10. The number of para-hydroxylation sites is 1. The van der Waals surface area contributed by atoms with Gasteiger partial charge in [-0.1, -0.05) is 126 Å². The number of benzene rings is 1. The van der Waals surface area contributed by atoms with E-state index in [0.29, 0.717) is 43.6 Å². The number of fused-ring (bicyclic) bond motifs is 1. The predicted molar refractivity (Wildman–Crippen MR) is 389 cm³/mol. The first kappa shape index (κ1) is 90.7. The minimum atomic E-state index is -1.64. The molecule has 0 saturated heterocycles. The van der Waals surface area contributed by atoms with E-state index in [4.69, 9.17) is 17.2 Å². The van der Waals surface area contributed by atoms with Crippen LogP contribution in [-0.4, -0.2) is 222 Å². The van der Waals surface area contributed by atoms with Gasteiger partial charge in [0.2, 0.25) is 59.1 Å². The third-order valence-electron chi connectivity index (χ3n) is 18.5. The van der Waals surface area contributed by atoms with Crippen molar-refractivity contribution in [2.45, 2.75) is 225 Å². The maximum absolute atomic E-state index is 14.5. The van der Waals surface area contributed by atoms with E-state index < -0.39 is 170 Å². The number of carbonyl (C=O) groups is 12. The van der Waals surface area contributed by atoms with Gasteiger partial charge in [-0.25, -0.2) is 4.79 Å². The van der Waals surface area contributed by atoms with Gasteiger partial charge >= 0.3 is 11.9 Å². The molecule has 0 radical (unpaired) electrons. The zero-order chi connectivity index (χ0) is 77.3. The number of aliphatic hydroxyl groups excluding tert-OH is 2. The molecule has 0 bridgehead atoms. The lowest BCUT2D eigenvalue weighted by atomic mass is 9.93. The highest BCUT2D eigenvalue weighted by Crippen LogP contribution is 2.21. The van der Waals surface area contributed by atoms with Crippen molar-refractivity contribution in [1.82, 2.24) is 74.1 Å². The highest BCUT2D eigenvalue weighted by Gasteiger charge is 2.37. The predicted octanol–water partition coefficient (Wildman–Crippen LogP) is -1.66. The van der Waals surface area contributed by atoms with Gasteiger partial charge in [0.25, 0.3) is 0 Å². The Labute approximate surface area is 605 Å². The van der Waals surface area contributed by atoms with Crippen molar-refractivity contribution in [3.63, 3.8) is 0 Å². The van der Waals surface area contributed by atoms with E-state index in [-0.39, 0.29) is 94.7 Å². The van der Waals surface area contributed by atoms with Crippen LogP contribution in [-0.2, 0) is 64.0 Å². The Balaban J connectivity index is 2.28. The Bertz CT molecular complexity index is 3030. The number of carboxylic acids is 2. The van der Waals surface area contributed by atoms with Crippen LogP contribution in [0.5, 0.6) is 0 Å². The quantitative estimate of drug-likeness (QED) is 0.0330. The van der Waals surface area contributed by atoms with Crippen molar-refractivity contribution in [3.05, 3.63) is 48.3 Å². The van der Waals surface area contributed by atoms with Gasteiger partial charge in [0.1, 0.15) is 42.3 Å². The summed E-state index contributed by atoms with van der Waals surface area (Å²) in [5, 5.41) is 75.9. The largest absolute Gasteiger partial charge is 0.481 e. The second kappa shape index (κ2) is 49.3. The Morgan fingerprint density at radius 2 is 0.981 bits per heavy atom. The molecule has 0 saturated carbocycles. The number of rotatable bonds is 55. The number of H-pyrrole nitrogens is 1. The molecule has 1 aromatic heterocycles. The second-order valence-corrected chi connectivity index (χ2v) is 26.6. The van der Waals surface area contributed by atoms with Gasteiger partial charge in [0, 0.05) is 67.2 Å². The molecule has 33 heteroatoms. The summed E-state index contributed by atoms with van der Waals surface area (Å²) in [7, 11) is 0. The molecular formula is C70H121N17O16. The van der Waals surface area contributed by atoms with E-state index in [9.17, 15) is 78.0 Å². The number of amides is 10. The molecule has 10 amide bonds. The monoisotopic (exact) mass is 1460 g/mol. The summed E-state index contributed by atoms with van der Waals surface area (Å²) in [5.74, 6) is -10.3. The normalized spacial score (nSPS) is 15.7. The molecule has 2 rings (SSSR count). The Hall–Kier alpha value is -8.34. The molecule has 0 unspecified atom stereocenters. The number of aliphatic hydroxyl groups is 2. The molecule has 0 spiro atoms. The molecule has 103 heavy (non-hydrogen) atoms.